The minimum atomic E-state index is -0.317. The van der Waals surface area contributed by atoms with E-state index in [4.69, 9.17) is 0 Å². The highest BCUT2D eigenvalue weighted by atomic mass is 79.9. The second-order valence-corrected chi connectivity index (χ2v) is 5.17. The van der Waals surface area contributed by atoms with Crippen LogP contribution < -0.4 is 5.32 Å². The van der Waals surface area contributed by atoms with Crippen molar-refractivity contribution in [3.8, 4) is 0 Å². The predicted molar refractivity (Wildman–Crippen MR) is 77.0 cm³/mol. The first kappa shape index (κ1) is 12.1. The lowest BCUT2D eigenvalue weighted by molar-refractivity contribution is -0.110. The second kappa shape index (κ2) is 4.63. The number of nitrogens with one attached hydrogen (secondary N) is 1. The van der Waals surface area contributed by atoms with Crippen molar-refractivity contribution in [2.75, 3.05) is 5.32 Å². The molecule has 0 atom stereocenters. The van der Waals surface area contributed by atoms with Crippen LogP contribution in [0.15, 0.2) is 46.9 Å². The highest BCUT2D eigenvalue weighted by Gasteiger charge is 2.23. The SMILES string of the molecule is O=C1Nc2ccc(Br)cc2/C1=C\c1cccc(F)c1. The third-order valence-electron chi connectivity index (χ3n) is 2.92. The molecule has 0 aromatic heterocycles. The molecular weight excluding hydrogens is 309 g/mol. The molecule has 3 rings (SSSR count). The predicted octanol–water partition coefficient (Wildman–Crippen LogP) is 4.08. The molecule has 1 aliphatic rings. The minimum absolute atomic E-state index is 0.169. The van der Waals surface area contributed by atoms with Gasteiger partial charge in [0.15, 0.2) is 0 Å². The average Bonchev–Trinajstić information content (AvgIpc) is 2.66. The smallest absolute Gasteiger partial charge is 0.256 e. The quantitative estimate of drug-likeness (QED) is 0.789. The fraction of sp³-hybridized carbons (Fsp3) is 0. The highest BCUT2D eigenvalue weighted by Crippen LogP contribution is 2.34. The van der Waals surface area contributed by atoms with Crippen molar-refractivity contribution in [2.24, 2.45) is 0 Å². The van der Waals surface area contributed by atoms with Gasteiger partial charge in [0.05, 0.1) is 0 Å². The van der Waals surface area contributed by atoms with Crippen LogP contribution in [0.5, 0.6) is 0 Å². The van der Waals surface area contributed by atoms with Gasteiger partial charge in [-0.2, -0.15) is 0 Å². The number of fused-ring (bicyclic) bond motifs is 1. The molecule has 4 heteroatoms. The molecule has 0 aliphatic carbocycles. The monoisotopic (exact) mass is 317 g/mol. The van der Waals surface area contributed by atoms with Gasteiger partial charge in [0.25, 0.3) is 5.91 Å². The summed E-state index contributed by atoms with van der Waals surface area (Å²) in [6.45, 7) is 0. The molecule has 1 heterocycles. The summed E-state index contributed by atoms with van der Waals surface area (Å²) in [7, 11) is 0. The molecule has 2 nitrogen and oxygen atoms in total. The normalized spacial score (nSPS) is 15.5. The van der Waals surface area contributed by atoms with E-state index < -0.39 is 0 Å². The Labute approximate surface area is 118 Å². The lowest BCUT2D eigenvalue weighted by Gasteiger charge is -2.00. The second-order valence-electron chi connectivity index (χ2n) is 4.26. The van der Waals surface area contributed by atoms with Crippen LogP contribution >= 0.6 is 15.9 Å². The van der Waals surface area contributed by atoms with Crippen molar-refractivity contribution >= 4 is 39.2 Å². The highest BCUT2D eigenvalue weighted by molar-refractivity contribution is 9.10. The van der Waals surface area contributed by atoms with E-state index >= 15 is 0 Å². The van der Waals surface area contributed by atoms with E-state index in [0.29, 0.717) is 11.1 Å². The van der Waals surface area contributed by atoms with Gasteiger partial charge in [-0.25, -0.2) is 4.39 Å². The molecule has 0 bridgehead atoms. The first-order valence-corrected chi connectivity index (χ1v) is 6.51. The molecule has 1 amide bonds. The number of rotatable bonds is 1. The lowest BCUT2D eigenvalue weighted by atomic mass is 10.0. The molecular formula is C15H9BrFNO. The van der Waals surface area contributed by atoms with Gasteiger partial charge >= 0.3 is 0 Å². The number of amides is 1. The van der Waals surface area contributed by atoms with Crippen LogP contribution in [0.2, 0.25) is 0 Å². The van der Waals surface area contributed by atoms with Crippen LogP contribution in [-0.4, -0.2) is 5.91 Å². The van der Waals surface area contributed by atoms with Crippen LogP contribution in [0.3, 0.4) is 0 Å². The van der Waals surface area contributed by atoms with Crippen molar-refractivity contribution in [1.82, 2.24) is 0 Å². The standard InChI is InChI=1S/C15H9BrFNO/c16-10-4-5-14-12(8-10)13(15(19)18-14)7-9-2-1-3-11(17)6-9/h1-8H,(H,18,19)/b13-7+. The Morgan fingerprint density at radius 1 is 1.16 bits per heavy atom. The maximum absolute atomic E-state index is 13.2. The lowest BCUT2D eigenvalue weighted by Crippen LogP contribution is -2.03. The first-order valence-electron chi connectivity index (χ1n) is 5.72. The van der Waals surface area contributed by atoms with Crippen molar-refractivity contribution in [1.29, 1.82) is 0 Å². The summed E-state index contributed by atoms with van der Waals surface area (Å²) in [4.78, 5) is 11.9. The van der Waals surface area contributed by atoms with Crippen molar-refractivity contribution in [2.45, 2.75) is 0 Å². The average molecular weight is 318 g/mol. The summed E-state index contributed by atoms with van der Waals surface area (Å²) in [6.07, 6.45) is 1.69. The summed E-state index contributed by atoms with van der Waals surface area (Å²) in [5.74, 6) is -0.486. The number of hydrogen-bond donors (Lipinski definition) is 1. The summed E-state index contributed by atoms with van der Waals surface area (Å²) in [5.41, 5.74) is 2.80. The van der Waals surface area contributed by atoms with Gasteiger partial charge in [0, 0.05) is 21.3 Å². The van der Waals surface area contributed by atoms with E-state index in [2.05, 4.69) is 21.2 Å². The Kier molecular flexibility index (Phi) is 2.95. The Morgan fingerprint density at radius 2 is 2.00 bits per heavy atom. The molecule has 2 aromatic rings. The van der Waals surface area contributed by atoms with E-state index in [1.54, 1.807) is 18.2 Å². The largest absolute Gasteiger partial charge is 0.321 e. The van der Waals surface area contributed by atoms with Crippen molar-refractivity contribution in [3.05, 3.63) is 63.9 Å². The Morgan fingerprint density at radius 3 is 2.79 bits per heavy atom. The Balaban J connectivity index is 2.11. The third-order valence-corrected chi connectivity index (χ3v) is 3.42. The van der Waals surface area contributed by atoms with Gasteiger partial charge in [-0.1, -0.05) is 28.1 Å². The molecule has 0 radical (unpaired) electrons. The number of carbonyl (C=O) groups excluding carboxylic acids is 1. The van der Waals surface area contributed by atoms with E-state index in [1.165, 1.54) is 12.1 Å². The Hall–Kier alpha value is -1.94. The zero-order chi connectivity index (χ0) is 13.4. The zero-order valence-corrected chi connectivity index (χ0v) is 11.4. The molecule has 0 saturated heterocycles. The van der Waals surface area contributed by atoms with E-state index in [0.717, 1.165) is 15.7 Å². The molecule has 1 aliphatic heterocycles. The van der Waals surface area contributed by atoms with E-state index in [-0.39, 0.29) is 11.7 Å². The number of anilines is 1. The molecule has 0 unspecified atom stereocenters. The summed E-state index contributed by atoms with van der Waals surface area (Å²) < 4.78 is 14.1. The molecule has 19 heavy (non-hydrogen) atoms. The van der Waals surface area contributed by atoms with Crippen molar-refractivity contribution in [3.63, 3.8) is 0 Å². The molecule has 0 saturated carbocycles. The molecule has 94 valence electrons. The number of halogens is 2. The molecule has 1 N–H and O–H groups in total. The Bertz CT molecular complexity index is 709. The van der Waals surface area contributed by atoms with Gasteiger partial charge in [-0.3, -0.25) is 4.79 Å². The van der Waals surface area contributed by atoms with Crippen LogP contribution in [0.4, 0.5) is 10.1 Å². The van der Waals surface area contributed by atoms with Crippen molar-refractivity contribution < 1.29 is 9.18 Å². The van der Waals surface area contributed by atoms with Gasteiger partial charge in [-0.15, -0.1) is 0 Å². The van der Waals surface area contributed by atoms with Crippen LogP contribution in [0.25, 0.3) is 11.6 Å². The fourth-order valence-electron chi connectivity index (χ4n) is 2.07. The number of hydrogen-bond acceptors (Lipinski definition) is 1. The molecule has 0 spiro atoms. The minimum Gasteiger partial charge on any atom is -0.321 e. The van der Waals surface area contributed by atoms with Gasteiger partial charge in [0.2, 0.25) is 0 Å². The summed E-state index contributed by atoms with van der Waals surface area (Å²) >= 11 is 3.38. The number of benzene rings is 2. The topological polar surface area (TPSA) is 29.1 Å². The molecule has 0 fully saturated rings. The van der Waals surface area contributed by atoms with Crippen LogP contribution in [0, 0.1) is 5.82 Å². The van der Waals surface area contributed by atoms with E-state index in [1.807, 2.05) is 18.2 Å². The summed E-state index contributed by atoms with van der Waals surface area (Å²) in [5, 5.41) is 2.79. The van der Waals surface area contributed by atoms with Crippen LogP contribution in [-0.2, 0) is 4.79 Å². The van der Waals surface area contributed by atoms with Gasteiger partial charge in [-0.05, 0) is 42.0 Å². The van der Waals surface area contributed by atoms with Gasteiger partial charge in [0.1, 0.15) is 5.82 Å². The maximum Gasteiger partial charge on any atom is 0.256 e. The van der Waals surface area contributed by atoms with E-state index in [9.17, 15) is 9.18 Å². The van der Waals surface area contributed by atoms with Crippen LogP contribution in [0.1, 0.15) is 11.1 Å². The molecule has 2 aromatic carbocycles. The van der Waals surface area contributed by atoms with Gasteiger partial charge < -0.3 is 5.32 Å². The fourth-order valence-corrected chi connectivity index (χ4v) is 2.43. The third kappa shape index (κ3) is 2.31. The maximum atomic E-state index is 13.2. The summed E-state index contributed by atoms with van der Waals surface area (Å²) in [6, 6.07) is 11.7. The zero-order valence-electron chi connectivity index (χ0n) is 9.78. The first-order chi connectivity index (χ1) is 9.13. The number of carbonyl (C=O) groups is 1.